The van der Waals surface area contributed by atoms with Crippen LogP contribution in [0.1, 0.15) is 32.0 Å². The fourth-order valence-electron chi connectivity index (χ4n) is 3.20. The van der Waals surface area contributed by atoms with E-state index in [0.29, 0.717) is 13.1 Å². The van der Waals surface area contributed by atoms with Crippen molar-refractivity contribution in [1.29, 1.82) is 0 Å². The Hall–Kier alpha value is -1.49. The number of rotatable bonds is 9. The van der Waals surface area contributed by atoms with Crippen LogP contribution in [-0.4, -0.2) is 45.7 Å². The van der Waals surface area contributed by atoms with Crippen LogP contribution < -0.4 is 16.3 Å². The third-order valence-corrected chi connectivity index (χ3v) is 5.59. The lowest BCUT2D eigenvalue weighted by Crippen LogP contribution is -2.38. The summed E-state index contributed by atoms with van der Waals surface area (Å²) in [6.07, 6.45) is 3.91. The van der Waals surface area contributed by atoms with E-state index in [1.54, 1.807) is 4.68 Å². The third-order valence-electron chi connectivity index (χ3n) is 4.58. The standard InChI is InChI=1S/C20H30N6OS.HI/c1-2-21-19(23-13-16-28-17-9-4-3-5-10-17)22-12-8-15-26-20(27)25-14-7-6-11-18(25)24-26;/h3-5,9-10H,2,6-8,11-16H2,1H3,(H2,21,22,23);1H. The minimum Gasteiger partial charge on any atom is -0.357 e. The lowest BCUT2D eigenvalue weighted by Gasteiger charge is -2.11. The molecule has 2 aromatic rings. The van der Waals surface area contributed by atoms with Crippen molar-refractivity contribution in [2.24, 2.45) is 4.99 Å². The van der Waals surface area contributed by atoms with Crippen molar-refractivity contribution in [2.45, 2.75) is 50.6 Å². The van der Waals surface area contributed by atoms with Crippen molar-refractivity contribution in [2.75, 3.05) is 25.4 Å². The number of halogens is 1. The predicted molar refractivity (Wildman–Crippen MR) is 131 cm³/mol. The van der Waals surface area contributed by atoms with Crippen LogP contribution in [0.4, 0.5) is 0 Å². The average Bonchev–Trinajstić information content (AvgIpc) is 3.05. The summed E-state index contributed by atoms with van der Waals surface area (Å²) in [4.78, 5) is 18.2. The van der Waals surface area contributed by atoms with Crippen molar-refractivity contribution in [3.05, 3.63) is 46.6 Å². The summed E-state index contributed by atoms with van der Waals surface area (Å²) >= 11 is 1.83. The van der Waals surface area contributed by atoms with Gasteiger partial charge < -0.3 is 10.6 Å². The maximum absolute atomic E-state index is 12.3. The van der Waals surface area contributed by atoms with Gasteiger partial charge in [-0.15, -0.1) is 35.7 Å². The molecule has 29 heavy (non-hydrogen) atoms. The molecule has 160 valence electrons. The van der Waals surface area contributed by atoms with Gasteiger partial charge in [0.05, 0.1) is 0 Å². The van der Waals surface area contributed by atoms with E-state index in [4.69, 9.17) is 0 Å². The van der Waals surface area contributed by atoms with E-state index < -0.39 is 0 Å². The third kappa shape index (κ3) is 7.36. The number of fused-ring (bicyclic) bond motifs is 1. The zero-order valence-electron chi connectivity index (χ0n) is 17.0. The molecular weight excluding hydrogens is 499 g/mol. The Kier molecular flexibility index (Phi) is 10.6. The van der Waals surface area contributed by atoms with Crippen LogP contribution in [0.5, 0.6) is 0 Å². The highest BCUT2D eigenvalue weighted by Crippen LogP contribution is 2.15. The number of thioether (sulfide) groups is 1. The van der Waals surface area contributed by atoms with E-state index in [9.17, 15) is 4.79 Å². The van der Waals surface area contributed by atoms with Crippen LogP contribution in [0.2, 0.25) is 0 Å². The fraction of sp³-hybridized carbons (Fsp3) is 0.550. The minimum atomic E-state index is 0. The van der Waals surface area contributed by atoms with E-state index >= 15 is 0 Å². The molecule has 0 aliphatic carbocycles. The highest BCUT2D eigenvalue weighted by molar-refractivity contribution is 14.0. The molecule has 3 rings (SSSR count). The Balaban J connectivity index is 0.00000300. The van der Waals surface area contributed by atoms with Crippen molar-refractivity contribution in [3.8, 4) is 0 Å². The van der Waals surface area contributed by atoms with Crippen molar-refractivity contribution in [3.63, 3.8) is 0 Å². The number of benzene rings is 1. The monoisotopic (exact) mass is 530 g/mol. The van der Waals surface area contributed by atoms with Gasteiger partial charge in [0, 0.05) is 49.8 Å². The number of guanidine groups is 1. The molecule has 0 atom stereocenters. The maximum Gasteiger partial charge on any atom is 0.345 e. The van der Waals surface area contributed by atoms with Gasteiger partial charge in [-0.05, 0) is 38.3 Å². The van der Waals surface area contributed by atoms with Crippen LogP contribution in [0.25, 0.3) is 0 Å². The van der Waals surface area contributed by atoms with E-state index in [2.05, 4.69) is 51.9 Å². The van der Waals surface area contributed by atoms with Crippen molar-refractivity contribution in [1.82, 2.24) is 25.0 Å². The number of hydrogen-bond acceptors (Lipinski definition) is 4. The van der Waals surface area contributed by atoms with E-state index in [0.717, 1.165) is 62.9 Å². The largest absolute Gasteiger partial charge is 0.357 e. The second-order valence-corrected chi connectivity index (χ2v) is 7.90. The minimum absolute atomic E-state index is 0. The van der Waals surface area contributed by atoms with E-state index in [1.165, 1.54) is 4.90 Å². The molecule has 0 saturated carbocycles. The summed E-state index contributed by atoms with van der Waals surface area (Å²) in [5, 5.41) is 11.1. The van der Waals surface area contributed by atoms with Gasteiger partial charge in [-0.1, -0.05) is 18.2 Å². The number of aromatic nitrogens is 3. The molecule has 9 heteroatoms. The maximum atomic E-state index is 12.3. The van der Waals surface area contributed by atoms with Crippen molar-refractivity contribution >= 4 is 41.7 Å². The van der Waals surface area contributed by atoms with Gasteiger partial charge >= 0.3 is 5.69 Å². The first-order valence-corrected chi connectivity index (χ1v) is 11.1. The summed E-state index contributed by atoms with van der Waals surface area (Å²) in [5.41, 5.74) is 0.0293. The Morgan fingerprint density at radius 2 is 2.07 bits per heavy atom. The zero-order chi connectivity index (χ0) is 19.6. The Labute approximate surface area is 193 Å². The average molecular weight is 530 g/mol. The highest BCUT2D eigenvalue weighted by Gasteiger charge is 2.16. The molecule has 0 radical (unpaired) electrons. The normalized spacial score (nSPS) is 13.5. The van der Waals surface area contributed by atoms with Crippen molar-refractivity contribution < 1.29 is 0 Å². The molecule has 1 aromatic heterocycles. The number of nitrogens with zero attached hydrogens (tertiary/aromatic N) is 4. The molecule has 0 bridgehead atoms. The molecule has 0 spiro atoms. The predicted octanol–water partition coefficient (Wildman–Crippen LogP) is 2.74. The number of hydrogen-bond donors (Lipinski definition) is 2. The first kappa shape index (κ1) is 23.8. The van der Waals surface area contributed by atoms with Crippen LogP contribution in [-0.2, 0) is 19.5 Å². The molecule has 0 unspecified atom stereocenters. The van der Waals surface area contributed by atoms with Crippen LogP contribution in [0.3, 0.4) is 0 Å². The summed E-state index contributed by atoms with van der Waals surface area (Å²) in [6.45, 7) is 5.82. The molecule has 2 N–H and O–H groups in total. The highest BCUT2D eigenvalue weighted by atomic mass is 127. The van der Waals surface area contributed by atoms with Gasteiger partial charge in [-0.2, -0.15) is 5.10 Å². The number of aliphatic imine (C=N–C) groups is 1. The smallest absolute Gasteiger partial charge is 0.345 e. The Morgan fingerprint density at radius 1 is 1.24 bits per heavy atom. The first-order valence-electron chi connectivity index (χ1n) is 10.1. The Bertz CT molecular complexity index is 820. The second kappa shape index (κ2) is 12.9. The van der Waals surface area contributed by atoms with E-state index in [-0.39, 0.29) is 29.7 Å². The summed E-state index contributed by atoms with van der Waals surface area (Å²) in [6, 6.07) is 10.4. The van der Waals surface area contributed by atoms with E-state index in [1.807, 2.05) is 22.4 Å². The van der Waals surface area contributed by atoms with Gasteiger partial charge in [0.2, 0.25) is 0 Å². The topological polar surface area (TPSA) is 76.2 Å². The zero-order valence-corrected chi connectivity index (χ0v) is 20.1. The molecule has 1 aromatic carbocycles. The fourth-order valence-corrected chi connectivity index (χ4v) is 3.99. The van der Waals surface area contributed by atoms with Gasteiger partial charge in [0.25, 0.3) is 0 Å². The van der Waals surface area contributed by atoms with Gasteiger partial charge in [0.15, 0.2) is 5.96 Å². The van der Waals surface area contributed by atoms with Gasteiger partial charge in [-0.3, -0.25) is 9.56 Å². The molecular formula is C20H31IN6OS. The van der Waals surface area contributed by atoms with Gasteiger partial charge in [-0.25, -0.2) is 9.48 Å². The molecule has 2 heterocycles. The summed E-state index contributed by atoms with van der Waals surface area (Å²) in [5.74, 6) is 2.74. The molecule has 0 fully saturated rings. The summed E-state index contributed by atoms with van der Waals surface area (Å²) in [7, 11) is 0. The van der Waals surface area contributed by atoms with Crippen LogP contribution in [0, 0.1) is 0 Å². The molecule has 1 aliphatic rings. The summed E-state index contributed by atoms with van der Waals surface area (Å²) < 4.78 is 3.43. The molecule has 7 nitrogen and oxygen atoms in total. The first-order chi connectivity index (χ1) is 13.8. The van der Waals surface area contributed by atoms with Crippen LogP contribution >= 0.6 is 35.7 Å². The SMILES string of the molecule is CCNC(=NCCCn1nc2n(c1=O)CCCC2)NCCSc1ccccc1.I. The molecule has 1 aliphatic heterocycles. The number of nitrogens with one attached hydrogen (secondary N) is 2. The molecule has 0 amide bonds. The molecule has 0 saturated heterocycles. The van der Waals surface area contributed by atoms with Crippen LogP contribution in [0.15, 0.2) is 45.0 Å². The Morgan fingerprint density at radius 3 is 2.83 bits per heavy atom. The lowest BCUT2D eigenvalue weighted by molar-refractivity contribution is 0.509. The second-order valence-electron chi connectivity index (χ2n) is 6.73. The quantitative estimate of drug-likeness (QED) is 0.172. The number of aryl methyl sites for hydroxylation is 2. The van der Waals surface area contributed by atoms with Gasteiger partial charge in [0.1, 0.15) is 5.82 Å². The lowest BCUT2D eigenvalue weighted by atomic mass is 10.2.